The van der Waals surface area contributed by atoms with Gasteiger partial charge in [-0.2, -0.15) is 0 Å². The average Bonchev–Trinajstić information content (AvgIpc) is 2.73. The van der Waals surface area contributed by atoms with Gasteiger partial charge in [0.1, 0.15) is 5.01 Å². The van der Waals surface area contributed by atoms with Crippen LogP contribution in [0.3, 0.4) is 0 Å². The zero-order valence-corrected chi connectivity index (χ0v) is 11.7. The number of hydrogen-bond donors (Lipinski definition) is 1. The lowest BCUT2D eigenvalue weighted by Crippen LogP contribution is -2.23. The van der Waals surface area contributed by atoms with Gasteiger partial charge in [0.25, 0.3) is 0 Å². The first-order chi connectivity index (χ1) is 8.84. The Labute approximate surface area is 112 Å². The molecule has 1 N–H and O–H groups in total. The molecular formula is C15H20N2S. The summed E-state index contributed by atoms with van der Waals surface area (Å²) in [4.78, 5) is 4.86. The molecule has 1 aliphatic rings. The smallest absolute Gasteiger partial charge is 0.111 e. The van der Waals surface area contributed by atoms with Crippen LogP contribution < -0.4 is 5.32 Å². The lowest BCUT2D eigenvalue weighted by Gasteiger charge is -2.19. The van der Waals surface area contributed by atoms with Crippen LogP contribution in [0.4, 0.5) is 0 Å². The molecule has 3 rings (SSSR count). The van der Waals surface area contributed by atoms with Gasteiger partial charge in [0.05, 0.1) is 16.3 Å². The molecule has 0 spiro atoms. The van der Waals surface area contributed by atoms with Crippen molar-refractivity contribution in [3.8, 4) is 0 Å². The van der Waals surface area contributed by atoms with Gasteiger partial charge in [-0.1, -0.05) is 31.4 Å². The summed E-state index contributed by atoms with van der Waals surface area (Å²) in [5, 5.41) is 4.95. The van der Waals surface area contributed by atoms with Crippen LogP contribution in [0.15, 0.2) is 18.2 Å². The number of nitrogens with zero attached hydrogens (tertiary/aromatic N) is 1. The first-order valence-electron chi connectivity index (χ1n) is 6.94. The minimum atomic E-state index is 0.474. The average molecular weight is 260 g/mol. The maximum atomic E-state index is 4.86. The lowest BCUT2D eigenvalue weighted by molar-refractivity contribution is 0.426. The van der Waals surface area contributed by atoms with E-state index in [1.165, 1.54) is 52.9 Å². The maximum absolute atomic E-state index is 4.86. The molecule has 1 atom stereocenters. The summed E-state index contributed by atoms with van der Waals surface area (Å²) in [6.45, 7) is 3.29. The Balaban J connectivity index is 1.90. The molecule has 18 heavy (non-hydrogen) atoms. The lowest BCUT2D eigenvalue weighted by atomic mass is 10.0. The van der Waals surface area contributed by atoms with E-state index in [-0.39, 0.29) is 0 Å². The Bertz CT molecular complexity index is 524. The van der Waals surface area contributed by atoms with Crippen LogP contribution in [0.5, 0.6) is 0 Å². The summed E-state index contributed by atoms with van der Waals surface area (Å²) in [7, 11) is 0. The second-order valence-corrected chi connectivity index (χ2v) is 6.25. The standard InChI is InChI=1S/C15H20N2S/c1-11-7-6-9-13-14(11)17-15(18-13)12-8-4-2-3-5-10-16-12/h6-7,9,12,16H,2-5,8,10H2,1H3. The molecule has 0 saturated carbocycles. The number of aryl methyl sites for hydroxylation is 1. The van der Waals surface area contributed by atoms with Crippen molar-refractivity contribution in [1.82, 2.24) is 10.3 Å². The number of thiazole rings is 1. The zero-order chi connectivity index (χ0) is 12.4. The molecule has 1 unspecified atom stereocenters. The van der Waals surface area contributed by atoms with Crippen LogP contribution in [-0.2, 0) is 0 Å². The molecule has 1 aliphatic heterocycles. The predicted molar refractivity (Wildman–Crippen MR) is 78.2 cm³/mol. The summed E-state index contributed by atoms with van der Waals surface area (Å²) in [5.41, 5.74) is 2.49. The summed E-state index contributed by atoms with van der Waals surface area (Å²) in [6, 6.07) is 6.94. The van der Waals surface area contributed by atoms with E-state index >= 15 is 0 Å². The molecule has 3 heteroatoms. The first kappa shape index (κ1) is 12.1. The minimum Gasteiger partial charge on any atom is -0.308 e. The van der Waals surface area contributed by atoms with Crippen molar-refractivity contribution >= 4 is 21.6 Å². The fourth-order valence-corrected chi connectivity index (χ4v) is 3.82. The summed E-state index contributed by atoms with van der Waals surface area (Å²) < 4.78 is 1.33. The third kappa shape index (κ3) is 2.43. The van der Waals surface area contributed by atoms with Crippen LogP contribution in [0.1, 0.15) is 48.7 Å². The number of aromatic nitrogens is 1. The van der Waals surface area contributed by atoms with Gasteiger partial charge >= 0.3 is 0 Å². The molecule has 0 radical (unpaired) electrons. The number of nitrogens with one attached hydrogen (secondary N) is 1. The van der Waals surface area contributed by atoms with Gasteiger partial charge in [-0.15, -0.1) is 11.3 Å². The molecule has 2 nitrogen and oxygen atoms in total. The van der Waals surface area contributed by atoms with Crippen LogP contribution in [0, 0.1) is 6.92 Å². The van der Waals surface area contributed by atoms with Crippen molar-refractivity contribution in [2.45, 2.75) is 45.1 Å². The van der Waals surface area contributed by atoms with E-state index in [1.54, 1.807) is 0 Å². The predicted octanol–water partition coefficient (Wildman–Crippen LogP) is 4.20. The Morgan fingerprint density at radius 2 is 2.11 bits per heavy atom. The highest BCUT2D eigenvalue weighted by Gasteiger charge is 2.17. The van der Waals surface area contributed by atoms with Gasteiger partial charge < -0.3 is 5.32 Å². The highest BCUT2D eigenvalue weighted by molar-refractivity contribution is 7.18. The number of benzene rings is 1. The van der Waals surface area contributed by atoms with E-state index < -0.39 is 0 Å². The van der Waals surface area contributed by atoms with E-state index in [0.717, 1.165) is 6.54 Å². The largest absolute Gasteiger partial charge is 0.308 e. The van der Waals surface area contributed by atoms with E-state index in [0.29, 0.717) is 6.04 Å². The summed E-state index contributed by atoms with van der Waals surface area (Å²) in [5.74, 6) is 0. The van der Waals surface area contributed by atoms with Gasteiger partial charge in [-0.05, 0) is 37.9 Å². The fraction of sp³-hybridized carbons (Fsp3) is 0.533. The SMILES string of the molecule is Cc1cccc2sc(C3CCCCCCN3)nc12. The number of fused-ring (bicyclic) bond motifs is 1. The number of para-hydroxylation sites is 1. The third-order valence-electron chi connectivity index (χ3n) is 3.75. The maximum Gasteiger partial charge on any atom is 0.111 e. The molecule has 1 fully saturated rings. The quantitative estimate of drug-likeness (QED) is 0.831. The third-order valence-corrected chi connectivity index (χ3v) is 4.88. The molecule has 2 aromatic rings. The van der Waals surface area contributed by atoms with E-state index in [1.807, 2.05) is 11.3 Å². The van der Waals surface area contributed by atoms with Crippen molar-refractivity contribution < 1.29 is 0 Å². The summed E-state index contributed by atoms with van der Waals surface area (Å²) in [6.07, 6.45) is 6.62. The van der Waals surface area contributed by atoms with Crippen molar-refractivity contribution in [3.05, 3.63) is 28.8 Å². The van der Waals surface area contributed by atoms with Crippen LogP contribution in [-0.4, -0.2) is 11.5 Å². The zero-order valence-electron chi connectivity index (χ0n) is 10.9. The van der Waals surface area contributed by atoms with Crippen molar-refractivity contribution in [1.29, 1.82) is 0 Å². The van der Waals surface area contributed by atoms with Gasteiger partial charge in [0.2, 0.25) is 0 Å². The molecule has 96 valence electrons. The summed E-state index contributed by atoms with van der Waals surface area (Å²) >= 11 is 1.86. The Morgan fingerprint density at radius 1 is 1.22 bits per heavy atom. The Kier molecular flexibility index (Phi) is 3.62. The van der Waals surface area contributed by atoms with Gasteiger partial charge in [0.15, 0.2) is 0 Å². The topological polar surface area (TPSA) is 24.9 Å². The van der Waals surface area contributed by atoms with Crippen molar-refractivity contribution in [2.24, 2.45) is 0 Å². The van der Waals surface area contributed by atoms with Gasteiger partial charge in [-0.3, -0.25) is 0 Å². The Morgan fingerprint density at radius 3 is 3.00 bits per heavy atom. The van der Waals surface area contributed by atoms with E-state index in [4.69, 9.17) is 4.98 Å². The van der Waals surface area contributed by atoms with Crippen LogP contribution >= 0.6 is 11.3 Å². The molecule has 2 heterocycles. The molecule has 0 bridgehead atoms. The van der Waals surface area contributed by atoms with Gasteiger partial charge in [0, 0.05) is 0 Å². The van der Waals surface area contributed by atoms with Crippen molar-refractivity contribution in [2.75, 3.05) is 6.54 Å². The Hall–Kier alpha value is -0.930. The fourth-order valence-electron chi connectivity index (χ4n) is 2.67. The highest BCUT2D eigenvalue weighted by atomic mass is 32.1. The molecule has 1 saturated heterocycles. The van der Waals surface area contributed by atoms with E-state index in [2.05, 4.69) is 30.4 Å². The molecule has 0 aliphatic carbocycles. The van der Waals surface area contributed by atoms with E-state index in [9.17, 15) is 0 Å². The minimum absolute atomic E-state index is 0.474. The first-order valence-corrected chi connectivity index (χ1v) is 7.76. The highest BCUT2D eigenvalue weighted by Crippen LogP contribution is 2.31. The van der Waals surface area contributed by atoms with Crippen LogP contribution in [0.2, 0.25) is 0 Å². The van der Waals surface area contributed by atoms with Crippen molar-refractivity contribution in [3.63, 3.8) is 0 Å². The number of hydrogen-bond acceptors (Lipinski definition) is 3. The second-order valence-electron chi connectivity index (χ2n) is 5.18. The number of rotatable bonds is 1. The van der Waals surface area contributed by atoms with Crippen LogP contribution in [0.25, 0.3) is 10.2 Å². The molecule has 1 aromatic carbocycles. The normalized spacial score (nSPS) is 21.7. The monoisotopic (exact) mass is 260 g/mol. The molecule has 1 aromatic heterocycles. The molecular weight excluding hydrogens is 240 g/mol. The van der Waals surface area contributed by atoms with Gasteiger partial charge in [-0.25, -0.2) is 4.98 Å². The molecule has 0 amide bonds. The second kappa shape index (κ2) is 5.37.